The van der Waals surface area contributed by atoms with Crippen LogP contribution in [0.5, 0.6) is 0 Å². The lowest BCUT2D eigenvalue weighted by Gasteiger charge is -2.13. The van der Waals surface area contributed by atoms with Crippen LogP contribution in [0.2, 0.25) is 0 Å². The van der Waals surface area contributed by atoms with Crippen molar-refractivity contribution in [2.24, 2.45) is 0 Å². The van der Waals surface area contributed by atoms with Crippen LogP contribution in [0, 0.1) is 0 Å². The third-order valence-electron chi connectivity index (χ3n) is 10.0. The van der Waals surface area contributed by atoms with E-state index in [1.54, 1.807) is 0 Å². The fourth-order valence-corrected chi connectivity index (χ4v) is 8.79. The lowest BCUT2D eigenvalue weighted by atomic mass is 10.0. The van der Waals surface area contributed by atoms with Crippen molar-refractivity contribution in [1.82, 2.24) is 14.5 Å². The van der Waals surface area contributed by atoms with Gasteiger partial charge in [0.2, 0.25) is 5.95 Å². The Morgan fingerprint density at radius 2 is 1.14 bits per heavy atom. The van der Waals surface area contributed by atoms with Gasteiger partial charge in [-0.2, -0.15) is 0 Å². The zero-order valence-corrected chi connectivity index (χ0v) is 28.1. The number of benzene rings is 7. The Bertz CT molecular complexity index is 3150. The van der Waals surface area contributed by atoms with Gasteiger partial charge >= 0.3 is 0 Å². The number of rotatable bonds is 4. The molecule has 0 saturated carbocycles. The molecule has 4 nitrogen and oxygen atoms in total. The van der Waals surface area contributed by atoms with E-state index in [0.29, 0.717) is 5.95 Å². The molecule has 0 aliphatic rings. The number of nitrogens with zero attached hydrogens (tertiary/aromatic N) is 3. The van der Waals surface area contributed by atoms with Gasteiger partial charge in [0.25, 0.3) is 0 Å². The van der Waals surface area contributed by atoms with Gasteiger partial charge in [-0.25, -0.2) is 9.97 Å². The summed E-state index contributed by atoms with van der Waals surface area (Å²) in [5.74, 6) is 0.616. The molecule has 0 saturated heterocycles. The lowest BCUT2D eigenvalue weighted by molar-refractivity contribution is 0.670. The Kier molecular flexibility index (Phi) is 6.09. The van der Waals surface area contributed by atoms with E-state index in [9.17, 15) is 0 Å². The van der Waals surface area contributed by atoms with Crippen molar-refractivity contribution in [1.29, 1.82) is 0 Å². The van der Waals surface area contributed by atoms with Gasteiger partial charge in [-0.1, -0.05) is 115 Å². The Morgan fingerprint density at radius 3 is 2.06 bits per heavy atom. The van der Waals surface area contributed by atoms with E-state index >= 15 is 0 Å². The van der Waals surface area contributed by atoms with Crippen LogP contribution in [0.25, 0.3) is 104 Å². The Balaban J connectivity index is 1.22. The number of furan rings is 1. The highest BCUT2D eigenvalue weighted by molar-refractivity contribution is 7.25. The molecule has 0 aliphatic carbocycles. The summed E-state index contributed by atoms with van der Waals surface area (Å²) >= 11 is 1.84. The summed E-state index contributed by atoms with van der Waals surface area (Å²) in [6, 6.07) is 57.7. The van der Waals surface area contributed by atoms with Gasteiger partial charge in [-0.3, -0.25) is 4.57 Å². The zero-order valence-electron chi connectivity index (χ0n) is 27.2. The molecule has 0 unspecified atom stereocenters. The molecule has 0 bridgehead atoms. The van der Waals surface area contributed by atoms with Gasteiger partial charge in [0.05, 0.1) is 22.4 Å². The van der Waals surface area contributed by atoms with E-state index in [2.05, 4.69) is 150 Å². The number of thiophene rings is 1. The molecular formula is C46H27N3OS. The van der Waals surface area contributed by atoms with Crippen molar-refractivity contribution in [3.8, 4) is 39.6 Å². The molecule has 0 amide bonds. The Labute approximate surface area is 296 Å². The molecule has 0 aliphatic heterocycles. The summed E-state index contributed by atoms with van der Waals surface area (Å²) < 4.78 is 11.3. The van der Waals surface area contributed by atoms with Crippen LogP contribution < -0.4 is 0 Å². The smallest absolute Gasteiger partial charge is 0.235 e. The maximum Gasteiger partial charge on any atom is 0.235 e. The van der Waals surface area contributed by atoms with Gasteiger partial charge < -0.3 is 4.42 Å². The lowest BCUT2D eigenvalue weighted by Crippen LogP contribution is -2.04. The maximum absolute atomic E-state index is 6.55. The number of aromatic nitrogens is 3. The second-order valence-electron chi connectivity index (χ2n) is 13.0. The number of fused-ring (bicyclic) bond motifs is 9. The Hall–Kier alpha value is -6.56. The van der Waals surface area contributed by atoms with Crippen LogP contribution in [0.4, 0.5) is 0 Å². The van der Waals surface area contributed by atoms with Crippen LogP contribution in [0.3, 0.4) is 0 Å². The van der Waals surface area contributed by atoms with Gasteiger partial charge in [0.15, 0.2) is 0 Å². The quantitative estimate of drug-likeness (QED) is 0.187. The van der Waals surface area contributed by atoms with Gasteiger partial charge in [0, 0.05) is 52.8 Å². The SMILES string of the molecule is c1ccc(-c2cccc(-c3cc(-c4cccc5c4oc4ccccc45)nc(-n4c5ccccc5c5cc6sc7ccccc7c6cc54)n3)c2)cc1. The van der Waals surface area contributed by atoms with Crippen LogP contribution >= 0.6 is 11.3 Å². The molecule has 0 atom stereocenters. The van der Waals surface area contributed by atoms with Crippen molar-refractivity contribution >= 4 is 75.3 Å². The van der Waals surface area contributed by atoms with Gasteiger partial charge in [0.1, 0.15) is 11.2 Å². The number of hydrogen-bond donors (Lipinski definition) is 0. The first kappa shape index (κ1) is 28.3. The minimum Gasteiger partial charge on any atom is -0.455 e. The van der Waals surface area contributed by atoms with E-state index in [1.165, 1.54) is 30.9 Å². The molecule has 0 radical (unpaired) electrons. The third-order valence-corrected chi connectivity index (χ3v) is 11.2. The average molecular weight is 670 g/mol. The summed E-state index contributed by atoms with van der Waals surface area (Å²) in [4.78, 5) is 10.8. The molecule has 11 aromatic rings. The molecule has 4 aromatic heterocycles. The van der Waals surface area contributed by atoms with Crippen molar-refractivity contribution in [2.75, 3.05) is 0 Å². The molecule has 238 valence electrons. The fourth-order valence-electron chi connectivity index (χ4n) is 7.66. The van der Waals surface area contributed by atoms with Crippen LogP contribution in [0.15, 0.2) is 168 Å². The second kappa shape index (κ2) is 11.0. The first-order valence-corrected chi connectivity index (χ1v) is 17.9. The predicted octanol–water partition coefficient (Wildman–Crippen LogP) is 12.8. The number of para-hydroxylation sites is 3. The monoisotopic (exact) mass is 669 g/mol. The molecule has 51 heavy (non-hydrogen) atoms. The zero-order chi connectivity index (χ0) is 33.5. The summed E-state index contributed by atoms with van der Waals surface area (Å²) in [5.41, 5.74) is 9.72. The largest absolute Gasteiger partial charge is 0.455 e. The first-order chi connectivity index (χ1) is 25.3. The van der Waals surface area contributed by atoms with E-state index < -0.39 is 0 Å². The topological polar surface area (TPSA) is 43.9 Å². The van der Waals surface area contributed by atoms with E-state index in [0.717, 1.165) is 66.6 Å². The minimum absolute atomic E-state index is 0.616. The van der Waals surface area contributed by atoms with Crippen molar-refractivity contribution in [3.63, 3.8) is 0 Å². The van der Waals surface area contributed by atoms with Crippen LogP contribution in [-0.4, -0.2) is 14.5 Å². The molecule has 4 heterocycles. The molecule has 5 heteroatoms. The molecule has 11 rings (SSSR count). The highest BCUT2D eigenvalue weighted by Gasteiger charge is 2.20. The summed E-state index contributed by atoms with van der Waals surface area (Å²) in [5, 5.41) is 7.03. The predicted molar refractivity (Wildman–Crippen MR) is 213 cm³/mol. The Morgan fingerprint density at radius 1 is 0.431 bits per heavy atom. The standard InChI is InChI=1S/C46H27N3OS/c1-2-12-28(13-3-1)29-14-10-15-30(24-29)38-27-39(35-20-11-19-34-32-17-5-8-22-42(32)50-45(34)35)48-46(47-38)49-40-21-7-4-16-31(40)36-26-44-37(25-41(36)49)33-18-6-9-23-43(33)51-44/h1-27H. The van der Waals surface area contributed by atoms with Crippen molar-refractivity contribution < 1.29 is 4.42 Å². The highest BCUT2D eigenvalue weighted by Crippen LogP contribution is 2.41. The summed E-state index contributed by atoms with van der Waals surface area (Å²) in [6.07, 6.45) is 0. The van der Waals surface area contributed by atoms with Crippen LogP contribution in [-0.2, 0) is 0 Å². The fraction of sp³-hybridized carbons (Fsp3) is 0. The second-order valence-corrected chi connectivity index (χ2v) is 14.1. The van der Waals surface area contributed by atoms with E-state index in [-0.39, 0.29) is 0 Å². The number of hydrogen-bond acceptors (Lipinski definition) is 4. The minimum atomic E-state index is 0.616. The molecule has 0 spiro atoms. The molecule has 7 aromatic carbocycles. The van der Waals surface area contributed by atoms with Crippen molar-refractivity contribution in [3.05, 3.63) is 164 Å². The maximum atomic E-state index is 6.55. The molecule has 0 N–H and O–H groups in total. The van der Waals surface area contributed by atoms with Crippen molar-refractivity contribution in [2.45, 2.75) is 0 Å². The molecule has 0 fully saturated rings. The van der Waals surface area contributed by atoms with E-state index in [1.807, 2.05) is 29.5 Å². The average Bonchev–Trinajstić information content (AvgIpc) is 3.86. The summed E-state index contributed by atoms with van der Waals surface area (Å²) in [7, 11) is 0. The molecular weight excluding hydrogens is 643 g/mol. The summed E-state index contributed by atoms with van der Waals surface area (Å²) in [6.45, 7) is 0. The van der Waals surface area contributed by atoms with E-state index in [4.69, 9.17) is 14.4 Å². The highest BCUT2D eigenvalue weighted by atomic mass is 32.1. The van der Waals surface area contributed by atoms with Crippen LogP contribution in [0.1, 0.15) is 0 Å². The third kappa shape index (κ3) is 4.38. The van der Waals surface area contributed by atoms with Gasteiger partial charge in [-0.15, -0.1) is 11.3 Å². The van der Waals surface area contributed by atoms with Gasteiger partial charge in [-0.05, 0) is 59.7 Å². The normalized spacial score (nSPS) is 11.9. The first-order valence-electron chi connectivity index (χ1n) is 17.1.